The number of carbonyl (C=O) groups is 2. The number of nitrogens with one attached hydrogen (secondary N) is 1. The number of likely N-dealkylation sites (tertiary alicyclic amines) is 2. The molecule has 0 radical (unpaired) electrons. The van der Waals surface area contributed by atoms with E-state index in [2.05, 4.69) is 10.2 Å². The highest BCUT2D eigenvalue weighted by atomic mass is 32.1. The van der Waals surface area contributed by atoms with Gasteiger partial charge in [-0.25, -0.2) is 0 Å². The van der Waals surface area contributed by atoms with Crippen LogP contribution in [0.2, 0.25) is 0 Å². The maximum Gasteiger partial charge on any atom is 0.254 e. The lowest BCUT2D eigenvalue weighted by Gasteiger charge is -2.42. The predicted molar refractivity (Wildman–Crippen MR) is 98.7 cm³/mol. The average Bonchev–Trinajstić information content (AvgIpc) is 3.30. The van der Waals surface area contributed by atoms with E-state index in [0.29, 0.717) is 12.1 Å². The lowest BCUT2D eigenvalue weighted by Crippen LogP contribution is -2.51. The molecule has 4 rings (SSSR count). The Kier molecular flexibility index (Phi) is 5.08. The van der Waals surface area contributed by atoms with Crippen molar-refractivity contribution in [1.82, 2.24) is 15.1 Å². The minimum atomic E-state index is 0.153. The summed E-state index contributed by atoms with van der Waals surface area (Å²) in [6.45, 7) is 3.64. The van der Waals surface area contributed by atoms with Crippen molar-refractivity contribution in [3.05, 3.63) is 22.4 Å². The van der Waals surface area contributed by atoms with Crippen LogP contribution >= 0.6 is 11.3 Å². The van der Waals surface area contributed by atoms with Gasteiger partial charge in [0.15, 0.2) is 0 Å². The fourth-order valence-corrected chi connectivity index (χ4v) is 4.73. The van der Waals surface area contributed by atoms with Crippen LogP contribution in [-0.4, -0.2) is 59.9 Å². The van der Waals surface area contributed by atoms with Gasteiger partial charge in [-0.2, -0.15) is 11.3 Å². The molecule has 0 unspecified atom stereocenters. The van der Waals surface area contributed by atoms with Gasteiger partial charge in [0.2, 0.25) is 5.91 Å². The highest BCUT2D eigenvalue weighted by molar-refractivity contribution is 7.08. The van der Waals surface area contributed by atoms with Gasteiger partial charge in [0.1, 0.15) is 0 Å². The van der Waals surface area contributed by atoms with E-state index in [1.807, 2.05) is 21.7 Å². The van der Waals surface area contributed by atoms with Gasteiger partial charge in [-0.3, -0.25) is 14.5 Å². The third-order valence-corrected chi connectivity index (χ3v) is 6.47. The average molecular weight is 362 g/mol. The minimum absolute atomic E-state index is 0.153. The topological polar surface area (TPSA) is 52.7 Å². The highest BCUT2D eigenvalue weighted by Gasteiger charge is 2.34. The Labute approximate surface area is 153 Å². The van der Waals surface area contributed by atoms with Crippen LogP contribution < -0.4 is 5.32 Å². The second kappa shape index (κ2) is 7.46. The molecular formula is C19H27N3O2S. The lowest BCUT2D eigenvalue weighted by atomic mass is 9.93. The van der Waals surface area contributed by atoms with Crippen molar-refractivity contribution in [2.24, 2.45) is 5.92 Å². The number of rotatable bonds is 4. The van der Waals surface area contributed by atoms with E-state index in [-0.39, 0.29) is 17.7 Å². The molecule has 1 saturated carbocycles. The molecule has 25 heavy (non-hydrogen) atoms. The molecule has 2 amide bonds. The zero-order chi connectivity index (χ0) is 17.2. The summed E-state index contributed by atoms with van der Waals surface area (Å²) in [5.41, 5.74) is 0.818. The van der Waals surface area contributed by atoms with Crippen molar-refractivity contribution in [2.45, 2.75) is 50.6 Å². The van der Waals surface area contributed by atoms with Crippen LogP contribution in [0.3, 0.4) is 0 Å². The quantitative estimate of drug-likeness (QED) is 0.896. The van der Waals surface area contributed by atoms with Crippen molar-refractivity contribution in [2.75, 3.05) is 26.2 Å². The minimum Gasteiger partial charge on any atom is -0.353 e. The molecule has 2 aliphatic heterocycles. The largest absolute Gasteiger partial charge is 0.353 e. The van der Waals surface area contributed by atoms with Crippen molar-refractivity contribution < 1.29 is 9.59 Å². The summed E-state index contributed by atoms with van der Waals surface area (Å²) in [6, 6.07) is 2.88. The van der Waals surface area contributed by atoms with E-state index in [1.165, 1.54) is 0 Å². The van der Waals surface area contributed by atoms with E-state index < -0.39 is 0 Å². The Morgan fingerprint density at radius 1 is 1.08 bits per heavy atom. The van der Waals surface area contributed by atoms with Crippen LogP contribution in [-0.2, 0) is 4.79 Å². The summed E-state index contributed by atoms with van der Waals surface area (Å²) in [7, 11) is 0. The monoisotopic (exact) mass is 361 g/mol. The number of piperidine rings is 2. The van der Waals surface area contributed by atoms with Gasteiger partial charge in [-0.1, -0.05) is 0 Å². The Morgan fingerprint density at radius 3 is 2.56 bits per heavy atom. The van der Waals surface area contributed by atoms with E-state index >= 15 is 0 Å². The fourth-order valence-electron chi connectivity index (χ4n) is 4.10. The summed E-state index contributed by atoms with van der Waals surface area (Å²) < 4.78 is 0. The van der Waals surface area contributed by atoms with E-state index in [1.54, 1.807) is 11.3 Å². The molecule has 0 bridgehead atoms. The predicted octanol–water partition coefficient (Wildman–Crippen LogP) is 2.34. The molecule has 1 N–H and O–H groups in total. The van der Waals surface area contributed by atoms with Crippen molar-refractivity contribution >= 4 is 23.2 Å². The first-order valence-corrected chi connectivity index (χ1v) is 10.5. The molecule has 5 nitrogen and oxygen atoms in total. The van der Waals surface area contributed by atoms with Gasteiger partial charge in [-0.05, 0) is 56.5 Å². The van der Waals surface area contributed by atoms with Gasteiger partial charge in [-0.15, -0.1) is 0 Å². The van der Waals surface area contributed by atoms with E-state index in [0.717, 1.165) is 70.3 Å². The maximum absolute atomic E-state index is 12.5. The first kappa shape index (κ1) is 17.0. The molecule has 6 heteroatoms. The summed E-state index contributed by atoms with van der Waals surface area (Å²) in [6.07, 6.45) is 6.47. The van der Waals surface area contributed by atoms with Gasteiger partial charge < -0.3 is 10.2 Å². The Balaban J connectivity index is 1.28. The van der Waals surface area contributed by atoms with Crippen molar-refractivity contribution in [1.29, 1.82) is 0 Å². The first-order chi connectivity index (χ1) is 12.2. The van der Waals surface area contributed by atoms with Crippen LogP contribution in [0.25, 0.3) is 0 Å². The molecular weight excluding hydrogens is 334 g/mol. The Hall–Kier alpha value is -1.40. The van der Waals surface area contributed by atoms with Crippen LogP contribution in [0.15, 0.2) is 16.8 Å². The third kappa shape index (κ3) is 4.06. The molecule has 1 aromatic rings. The van der Waals surface area contributed by atoms with Crippen molar-refractivity contribution in [3.63, 3.8) is 0 Å². The Bertz CT molecular complexity index is 606. The smallest absolute Gasteiger partial charge is 0.254 e. The number of hydrogen-bond acceptors (Lipinski definition) is 4. The molecule has 1 aliphatic carbocycles. The van der Waals surface area contributed by atoms with Crippen molar-refractivity contribution in [3.8, 4) is 0 Å². The lowest BCUT2D eigenvalue weighted by molar-refractivity contribution is -0.127. The molecule has 3 aliphatic rings. The molecule has 1 atom stereocenters. The highest BCUT2D eigenvalue weighted by Crippen LogP contribution is 2.26. The number of nitrogens with zero attached hydrogens (tertiary/aromatic N) is 2. The Morgan fingerprint density at radius 2 is 1.88 bits per heavy atom. The second-order valence-electron chi connectivity index (χ2n) is 7.65. The summed E-state index contributed by atoms with van der Waals surface area (Å²) in [5.74, 6) is 0.581. The summed E-state index contributed by atoms with van der Waals surface area (Å²) >= 11 is 1.57. The number of thiophene rings is 1. The van der Waals surface area contributed by atoms with E-state index in [9.17, 15) is 9.59 Å². The van der Waals surface area contributed by atoms with Crippen LogP contribution in [0, 0.1) is 5.92 Å². The number of carbonyl (C=O) groups excluding carboxylic acids is 2. The molecule has 0 spiro atoms. The standard InChI is InChI=1S/C19H27N3O2S/c23-18(20-16-3-4-16)14-2-1-8-22(12-14)17-5-9-21(10-6-17)19(24)15-7-11-25-13-15/h7,11,13-14,16-17H,1-6,8-10,12H2,(H,20,23)/t14-/m0/s1. The van der Waals surface area contributed by atoms with Crippen LogP contribution in [0.4, 0.5) is 0 Å². The van der Waals surface area contributed by atoms with E-state index in [4.69, 9.17) is 0 Å². The molecule has 136 valence electrons. The second-order valence-corrected chi connectivity index (χ2v) is 8.43. The van der Waals surface area contributed by atoms with Gasteiger partial charge in [0.05, 0.1) is 11.5 Å². The summed E-state index contributed by atoms with van der Waals surface area (Å²) in [5, 5.41) is 7.06. The normalized spacial score (nSPS) is 25.8. The van der Waals surface area contributed by atoms with Crippen LogP contribution in [0.1, 0.15) is 48.9 Å². The molecule has 3 fully saturated rings. The molecule has 2 saturated heterocycles. The first-order valence-electron chi connectivity index (χ1n) is 9.56. The maximum atomic E-state index is 12.5. The number of amides is 2. The van der Waals surface area contributed by atoms with Crippen LogP contribution in [0.5, 0.6) is 0 Å². The fraction of sp³-hybridized carbons (Fsp3) is 0.684. The number of hydrogen-bond donors (Lipinski definition) is 1. The summed E-state index contributed by atoms with van der Waals surface area (Å²) in [4.78, 5) is 29.3. The molecule has 3 heterocycles. The van der Waals surface area contributed by atoms with Gasteiger partial charge in [0, 0.05) is 37.1 Å². The zero-order valence-electron chi connectivity index (χ0n) is 14.7. The molecule has 1 aromatic heterocycles. The third-order valence-electron chi connectivity index (χ3n) is 5.78. The van der Waals surface area contributed by atoms with Gasteiger partial charge >= 0.3 is 0 Å². The zero-order valence-corrected chi connectivity index (χ0v) is 15.5. The SMILES string of the molecule is O=C(NC1CC1)[C@H]1CCCN(C2CCN(C(=O)c3ccsc3)CC2)C1. The van der Waals surface area contributed by atoms with Gasteiger partial charge in [0.25, 0.3) is 5.91 Å². The molecule has 0 aromatic carbocycles.